The summed E-state index contributed by atoms with van der Waals surface area (Å²) in [5, 5.41) is -0.699. The van der Waals surface area contributed by atoms with E-state index in [1.807, 2.05) is 0 Å². The summed E-state index contributed by atoms with van der Waals surface area (Å²) in [5.74, 6) is -0.522. The second kappa shape index (κ2) is 4.04. The highest BCUT2D eigenvalue weighted by Crippen LogP contribution is 2.21. The second-order valence-corrected chi connectivity index (χ2v) is 3.23. The van der Waals surface area contributed by atoms with Gasteiger partial charge in [0.15, 0.2) is 21.9 Å². The highest BCUT2D eigenvalue weighted by Gasteiger charge is 2.13. The molecule has 0 fully saturated rings. The maximum Gasteiger partial charge on any atom is 0.200 e. The lowest BCUT2D eigenvalue weighted by molar-refractivity contribution is 0.615. The summed E-state index contributed by atoms with van der Waals surface area (Å²) in [6, 6.07) is 1.64. The Hall–Kier alpha value is -1.33. The van der Waals surface area contributed by atoms with Crippen LogP contribution in [-0.2, 0) is 0 Å². The molecule has 0 unspecified atom stereocenters. The minimum Gasteiger partial charge on any atom is -0.234 e. The molecular weight excluding hydrogens is 242 g/mol. The maximum atomic E-state index is 13.0. The molecule has 0 aliphatic heterocycles. The van der Waals surface area contributed by atoms with Gasteiger partial charge < -0.3 is 0 Å². The van der Waals surface area contributed by atoms with E-state index in [0.717, 1.165) is 0 Å². The van der Waals surface area contributed by atoms with Crippen LogP contribution in [0.25, 0.3) is 11.6 Å². The molecule has 0 atom stereocenters. The molecule has 2 heterocycles. The zero-order valence-corrected chi connectivity index (χ0v) is 8.67. The molecule has 0 aliphatic rings. The first-order valence-corrected chi connectivity index (χ1v) is 4.60. The third-order valence-electron chi connectivity index (χ3n) is 1.54. The van der Waals surface area contributed by atoms with Crippen LogP contribution in [0, 0.1) is 5.82 Å². The minimum atomic E-state index is -0.849. The van der Waals surface area contributed by atoms with Crippen molar-refractivity contribution in [3.05, 3.63) is 34.6 Å². The van der Waals surface area contributed by atoms with Crippen LogP contribution in [0.4, 0.5) is 4.39 Å². The van der Waals surface area contributed by atoms with Crippen molar-refractivity contribution in [2.45, 2.75) is 0 Å². The molecule has 0 bridgehead atoms. The van der Waals surface area contributed by atoms with E-state index in [0.29, 0.717) is 0 Å². The molecule has 0 aliphatic carbocycles. The van der Waals surface area contributed by atoms with Gasteiger partial charge in [-0.2, -0.15) is 0 Å². The van der Waals surface area contributed by atoms with Crippen molar-refractivity contribution in [2.24, 2.45) is 0 Å². The fraction of sp³-hybridized carbons (Fsp3) is 0. The standard InChI is InChI=1S/C8H3Cl2FN4/c9-5-4(11)6(10)15-8(14-5)7-12-2-1-3-13-7/h1-3H. The molecule has 76 valence electrons. The number of halogens is 3. The van der Waals surface area contributed by atoms with Crippen molar-refractivity contribution >= 4 is 23.2 Å². The number of nitrogens with zero attached hydrogens (tertiary/aromatic N) is 4. The molecule has 2 aromatic rings. The van der Waals surface area contributed by atoms with E-state index in [4.69, 9.17) is 23.2 Å². The molecule has 0 aromatic carbocycles. The molecule has 15 heavy (non-hydrogen) atoms. The van der Waals surface area contributed by atoms with Crippen molar-refractivity contribution in [3.63, 3.8) is 0 Å². The first-order chi connectivity index (χ1) is 7.18. The van der Waals surface area contributed by atoms with Gasteiger partial charge in [0.2, 0.25) is 5.82 Å². The fourth-order valence-electron chi connectivity index (χ4n) is 0.909. The van der Waals surface area contributed by atoms with E-state index in [9.17, 15) is 4.39 Å². The first kappa shape index (κ1) is 10.2. The molecule has 2 rings (SSSR count). The van der Waals surface area contributed by atoms with Crippen LogP contribution in [0.15, 0.2) is 18.5 Å². The SMILES string of the molecule is Fc1c(Cl)nc(-c2ncccn2)nc1Cl. The van der Waals surface area contributed by atoms with E-state index in [1.165, 1.54) is 12.4 Å². The van der Waals surface area contributed by atoms with Crippen molar-refractivity contribution < 1.29 is 4.39 Å². The second-order valence-electron chi connectivity index (χ2n) is 2.52. The van der Waals surface area contributed by atoms with Crippen molar-refractivity contribution in [1.29, 1.82) is 0 Å². The largest absolute Gasteiger partial charge is 0.234 e. The van der Waals surface area contributed by atoms with Crippen LogP contribution in [0.3, 0.4) is 0 Å². The summed E-state index contributed by atoms with van der Waals surface area (Å²) in [5.41, 5.74) is 0. The van der Waals surface area contributed by atoms with Gasteiger partial charge in [0.25, 0.3) is 0 Å². The van der Waals surface area contributed by atoms with Crippen LogP contribution in [-0.4, -0.2) is 19.9 Å². The lowest BCUT2D eigenvalue weighted by Crippen LogP contribution is -1.97. The van der Waals surface area contributed by atoms with Crippen LogP contribution >= 0.6 is 23.2 Å². The summed E-state index contributed by atoms with van der Waals surface area (Å²) in [7, 11) is 0. The molecule has 0 saturated carbocycles. The molecule has 4 nitrogen and oxygen atoms in total. The third-order valence-corrected chi connectivity index (χ3v) is 2.04. The van der Waals surface area contributed by atoms with Gasteiger partial charge in [0, 0.05) is 12.4 Å². The Morgan fingerprint density at radius 2 is 1.47 bits per heavy atom. The van der Waals surface area contributed by atoms with Gasteiger partial charge in [0.05, 0.1) is 0 Å². The average Bonchev–Trinajstić information content (AvgIpc) is 2.26. The molecule has 2 aromatic heterocycles. The smallest absolute Gasteiger partial charge is 0.200 e. The molecule has 0 spiro atoms. The van der Waals surface area contributed by atoms with E-state index >= 15 is 0 Å². The van der Waals surface area contributed by atoms with Gasteiger partial charge in [-0.25, -0.2) is 24.3 Å². The lowest BCUT2D eigenvalue weighted by atomic mass is 10.5. The Kier molecular flexibility index (Phi) is 2.75. The predicted molar refractivity (Wildman–Crippen MR) is 53.0 cm³/mol. The average molecular weight is 245 g/mol. The molecular formula is C8H3Cl2FN4. The zero-order valence-electron chi connectivity index (χ0n) is 7.15. The van der Waals surface area contributed by atoms with E-state index in [-0.39, 0.29) is 22.0 Å². The van der Waals surface area contributed by atoms with Crippen LogP contribution in [0.5, 0.6) is 0 Å². The number of rotatable bonds is 1. The molecule has 0 N–H and O–H groups in total. The summed E-state index contributed by atoms with van der Waals surface area (Å²) >= 11 is 11.0. The van der Waals surface area contributed by atoms with Crippen LogP contribution in [0.2, 0.25) is 10.3 Å². The fourth-order valence-corrected chi connectivity index (χ4v) is 1.30. The van der Waals surface area contributed by atoms with Crippen LogP contribution < -0.4 is 0 Å². The highest BCUT2D eigenvalue weighted by molar-refractivity contribution is 6.33. The Morgan fingerprint density at radius 3 is 2.00 bits per heavy atom. The predicted octanol–water partition coefficient (Wildman–Crippen LogP) is 2.38. The summed E-state index contributed by atoms with van der Waals surface area (Å²) < 4.78 is 13.0. The topological polar surface area (TPSA) is 51.6 Å². The number of hydrogen-bond acceptors (Lipinski definition) is 4. The maximum absolute atomic E-state index is 13.0. The Bertz CT molecular complexity index is 468. The Balaban J connectivity index is 2.56. The summed E-state index contributed by atoms with van der Waals surface area (Å²) in [4.78, 5) is 15.1. The Labute approximate surface area is 94.1 Å². The van der Waals surface area contributed by atoms with Crippen molar-refractivity contribution in [1.82, 2.24) is 19.9 Å². The zero-order chi connectivity index (χ0) is 10.8. The van der Waals surface area contributed by atoms with Crippen molar-refractivity contribution in [2.75, 3.05) is 0 Å². The molecule has 0 amide bonds. The van der Waals surface area contributed by atoms with E-state index in [2.05, 4.69) is 19.9 Å². The first-order valence-electron chi connectivity index (χ1n) is 3.84. The normalized spacial score (nSPS) is 10.3. The van der Waals surface area contributed by atoms with Gasteiger partial charge in [-0.05, 0) is 6.07 Å². The monoisotopic (exact) mass is 244 g/mol. The Morgan fingerprint density at radius 1 is 0.933 bits per heavy atom. The van der Waals surface area contributed by atoms with Gasteiger partial charge in [-0.15, -0.1) is 0 Å². The number of aromatic nitrogens is 4. The van der Waals surface area contributed by atoms with Gasteiger partial charge in [0.1, 0.15) is 0 Å². The minimum absolute atomic E-state index is 0.0898. The summed E-state index contributed by atoms with van der Waals surface area (Å²) in [6.07, 6.45) is 3.02. The third kappa shape index (κ3) is 2.03. The summed E-state index contributed by atoms with van der Waals surface area (Å²) in [6.45, 7) is 0. The van der Waals surface area contributed by atoms with E-state index < -0.39 is 5.82 Å². The van der Waals surface area contributed by atoms with Gasteiger partial charge in [-0.3, -0.25) is 0 Å². The van der Waals surface area contributed by atoms with Gasteiger partial charge in [-0.1, -0.05) is 23.2 Å². The quantitative estimate of drug-likeness (QED) is 0.723. The van der Waals surface area contributed by atoms with E-state index in [1.54, 1.807) is 6.07 Å². The molecule has 0 saturated heterocycles. The van der Waals surface area contributed by atoms with Gasteiger partial charge >= 0.3 is 0 Å². The molecule has 0 radical (unpaired) electrons. The number of hydrogen-bond donors (Lipinski definition) is 0. The highest BCUT2D eigenvalue weighted by atomic mass is 35.5. The lowest BCUT2D eigenvalue weighted by Gasteiger charge is -2.00. The van der Waals surface area contributed by atoms with Crippen molar-refractivity contribution in [3.8, 4) is 11.6 Å². The molecule has 7 heteroatoms. The van der Waals surface area contributed by atoms with Crippen LogP contribution in [0.1, 0.15) is 0 Å².